The van der Waals surface area contributed by atoms with Gasteiger partial charge in [0.05, 0.1) is 23.8 Å². The number of furan rings is 1. The van der Waals surface area contributed by atoms with Gasteiger partial charge in [-0.3, -0.25) is 14.7 Å². The number of fused-ring (bicyclic) bond motifs is 1. The molecule has 1 aliphatic heterocycles. The molecule has 0 radical (unpaired) electrons. The van der Waals surface area contributed by atoms with Gasteiger partial charge in [0.2, 0.25) is 0 Å². The molecule has 3 aromatic heterocycles. The van der Waals surface area contributed by atoms with Crippen molar-refractivity contribution in [1.29, 1.82) is 0 Å². The van der Waals surface area contributed by atoms with Gasteiger partial charge < -0.3 is 9.40 Å². The lowest BCUT2D eigenvalue weighted by molar-refractivity contribution is 0.241. The maximum Gasteiger partial charge on any atom is 0.255 e. The number of aromatic amines is 1. The molecule has 0 unspecified atom stereocenters. The van der Waals surface area contributed by atoms with Gasteiger partial charge in [-0.1, -0.05) is 0 Å². The van der Waals surface area contributed by atoms with Gasteiger partial charge >= 0.3 is 0 Å². The monoisotopic (exact) mass is 308 g/mol. The number of rotatable bonds is 3. The first-order valence-corrected chi connectivity index (χ1v) is 7.55. The molecule has 0 saturated heterocycles. The second-order valence-corrected chi connectivity index (χ2v) is 5.67. The predicted octanol–water partition coefficient (Wildman–Crippen LogP) is 1.98. The van der Waals surface area contributed by atoms with Crippen molar-refractivity contribution < 1.29 is 4.42 Å². The molecule has 0 bridgehead atoms. The van der Waals surface area contributed by atoms with Crippen LogP contribution in [0.1, 0.15) is 16.8 Å². The minimum absolute atomic E-state index is 0.0568. The Kier molecular flexibility index (Phi) is 3.51. The SMILES string of the molecule is O=c1[nH]c(-c2ccncc2)nc2c1CN(Cc1ccoc1)CC2. The van der Waals surface area contributed by atoms with E-state index in [2.05, 4.69) is 19.9 Å². The molecule has 1 aliphatic rings. The van der Waals surface area contributed by atoms with Crippen LogP contribution in [0.2, 0.25) is 0 Å². The fourth-order valence-electron chi connectivity index (χ4n) is 2.90. The van der Waals surface area contributed by atoms with Crippen LogP contribution in [0.5, 0.6) is 0 Å². The lowest BCUT2D eigenvalue weighted by atomic mass is 10.1. The zero-order valence-electron chi connectivity index (χ0n) is 12.5. The van der Waals surface area contributed by atoms with Crippen LogP contribution in [0, 0.1) is 0 Å². The zero-order valence-corrected chi connectivity index (χ0v) is 12.5. The zero-order chi connectivity index (χ0) is 15.6. The highest BCUT2D eigenvalue weighted by atomic mass is 16.3. The van der Waals surface area contributed by atoms with E-state index in [9.17, 15) is 4.79 Å². The molecule has 0 aliphatic carbocycles. The molecule has 0 saturated carbocycles. The van der Waals surface area contributed by atoms with Gasteiger partial charge in [0.25, 0.3) is 5.56 Å². The van der Waals surface area contributed by atoms with Gasteiger partial charge in [-0.25, -0.2) is 4.98 Å². The van der Waals surface area contributed by atoms with Crippen molar-refractivity contribution in [1.82, 2.24) is 19.9 Å². The molecule has 0 spiro atoms. The van der Waals surface area contributed by atoms with Gasteiger partial charge in [0.1, 0.15) is 5.82 Å². The van der Waals surface area contributed by atoms with Crippen molar-refractivity contribution >= 4 is 0 Å². The van der Waals surface area contributed by atoms with Gasteiger partial charge in [-0.05, 0) is 18.2 Å². The molecule has 4 heterocycles. The van der Waals surface area contributed by atoms with Crippen LogP contribution in [-0.4, -0.2) is 26.4 Å². The van der Waals surface area contributed by atoms with Crippen LogP contribution in [0.3, 0.4) is 0 Å². The third kappa shape index (κ3) is 2.80. The van der Waals surface area contributed by atoms with E-state index in [1.807, 2.05) is 18.2 Å². The summed E-state index contributed by atoms with van der Waals surface area (Å²) in [5.41, 5.74) is 3.59. The molecular formula is C17H16N4O2. The Morgan fingerprint density at radius 2 is 2.13 bits per heavy atom. The Hall–Kier alpha value is -2.73. The highest BCUT2D eigenvalue weighted by Gasteiger charge is 2.21. The fraction of sp³-hybridized carbons (Fsp3) is 0.235. The average Bonchev–Trinajstić information content (AvgIpc) is 3.09. The Balaban J connectivity index is 1.62. The van der Waals surface area contributed by atoms with E-state index in [0.717, 1.165) is 41.9 Å². The van der Waals surface area contributed by atoms with Crippen LogP contribution in [0.15, 0.2) is 52.3 Å². The first kappa shape index (κ1) is 13.9. The molecule has 3 aromatic rings. The molecule has 116 valence electrons. The molecule has 4 rings (SSSR count). The topological polar surface area (TPSA) is 75.0 Å². The average molecular weight is 308 g/mol. The second-order valence-electron chi connectivity index (χ2n) is 5.67. The maximum atomic E-state index is 12.4. The molecule has 6 nitrogen and oxygen atoms in total. The van der Waals surface area contributed by atoms with Gasteiger partial charge in [-0.15, -0.1) is 0 Å². The van der Waals surface area contributed by atoms with Crippen LogP contribution >= 0.6 is 0 Å². The molecule has 0 fully saturated rings. The smallest absolute Gasteiger partial charge is 0.255 e. The molecule has 0 amide bonds. The largest absolute Gasteiger partial charge is 0.472 e. The summed E-state index contributed by atoms with van der Waals surface area (Å²) < 4.78 is 5.10. The fourth-order valence-corrected chi connectivity index (χ4v) is 2.90. The predicted molar refractivity (Wildman–Crippen MR) is 84.6 cm³/mol. The van der Waals surface area contributed by atoms with Crippen molar-refractivity contribution in [3.05, 3.63) is 70.3 Å². The minimum Gasteiger partial charge on any atom is -0.472 e. The lowest BCUT2D eigenvalue weighted by Gasteiger charge is -2.27. The van der Waals surface area contributed by atoms with Crippen LogP contribution in [-0.2, 0) is 19.5 Å². The second kappa shape index (κ2) is 5.81. The Labute approximate surface area is 132 Å². The minimum atomic E-state index is -0.0568. The van der Waals surface area contributed by atoms with Crippen molar-refractivity contribution in [2.45, 2.75) is 19.5 Å². The van der Waals surface area contributed by atoms with Crippen molar-refractivity contribution in [3.8, 4) is 11.4 Å². The summed E-state index contributed by atoms with van der Waals surface area (Å²) in [5, 5.41) is 0. The summed E-state index contributed by atoms with van der Waals surface area (Å²) in [6, 6.07) is 5.64. The lowest BCUT2D eigenvalue weighted by Crippen LogP contribution is -2.35. The van der Waals surface area contributed by atoms with Gasteiger partial charge in [0, 0.05) is 49.6 Å². The number of aromatic nitrogens is 3. The summed E-state index contributed by atoms with van der Waals surface area (Å²) in [4.78, 5) is 26.2. The Morgan fingerprint density at radius 1 is 1.26 bits per heavy atom. The van der Waals surface area contributed by atoms with E-state index < -0.39 is 0 Å². The quantitative estimate of drug-likeness (QED) is 0.801. The summed E-state index contributed by atoms with van der Waals surface area (Å²) in [7, 11) is 0. The summed E-state index contributed by atoms with van der Waals surface area (Å²) in [6.45, 7) is 2.27. The van der Waals surface area contributed by atoms with E-state index >= 15 is 0 Å². The summed E-state index contributed by atoms with van der Waals surface area (Å²) in [6.07, 6.45) is 7.57. The molecule has 0 aromatic carbocycles. The number of nitrogens with one attached hydrogen (secondary N) is 1. The van der Waals surface area contributed by atoms with E-state index in [0.29, 0.717) is 12.4 Å². The van der Waals surface area contributed by atoms with E-state index in [1.54, 1.807) is 24.9 Å². The van der Waals surface area contributed by atoms with Crippen LogP contribution < -0.4 is 5.56 Å². The van der Waals surface area contributed by atoms with Crippen molar-refractivity contribution in [2.75, 3.05) is 6.54 Å². The number of nitrogens with zero attached hydrogens (tertiary/aromatic N) is 3. The molecule has 6 heteroatoms. The Morgan fingerprint density at radius 3 is 2.91 bits per heavy atom. The van der Waals surface area contributed by atoms with Crippen LogP contribution in [0.4, 0.5) is 0 Å². The molecular weight excluding hydrogens is 292 g/mol. The first-order valence-electron chi connectivity index (χ1n) is 7.55. The third-order valence-electron chi connectivity index (χ3n) is 4.09. The maximum absolute atomic E-state index is 12.4. The van der Waals surface area contributed by atoms with Crippen molar-refractivity contribution in [3.63, 3.8) is 0 Å². The number of hydrogen-bond donors (Lipinski definition) is 1. The summed E-state index contributed by atoms with van der Waals surface area (Å²) in [5.74, 6) is 0.611. The molecule has 1 N–H and O–H groups in total. The highest BCUT2D eigenvalue weighted by Crippen LogP contribution is 2.19. The third-order valence-corrected chi connectivity index (χ3v) is 4.09. The van der Waals surface area contributed by atoms with E-state index in [-0.39, 0.29) is 5.56 Å². The normalized spacial score (nSPS) is 14.6. The summed E-state index contributed by atoms with van der Waals surface area (Å²) >= 11 is 0. The van der Waals surface area contributed by atoms with Crippen LogP contribution in [0.25, 0.3) is 11.4 Å². The number of H-pyrrole nitrogens is 1. The highest BCUT2D eigenvalue weighted by molar-refractivity contribution is 5.54. The van der Waals surface area contributed by atoms with Gasteiger partial charge in [-0.2, -0.15) is 0 Å². The van der Waals surface area contributed by atoms with Gasteiger partial charge in [0.15, 0.2) is 0 Å². The van der Waals surface area contributed by atoms with E-state index in [1.165, 1.54) is 0 Å². The number of pyridine rings is 1. The van der Waals surface area contributed by atoms with Crippen molar-refractivity contribution in [2.24, 2.45) is 0 Å². The molecule has 23 heavy (non-hydrogen) atoms. The molecule has 0 atom stereocenters. The van der Waals surface area contributed by atoms with E-state index in [4.69, 9.17) is 4.42 Å². The first-order chi connectivity index (χ1) is 11.3. The standard InChI is InChI=1S/C17H16N4O2/c22-17-14-10-21(9-12-4-8-23-11-12)7-3-15(14)19-16(20-17)13-1-5-18-6-2-13/h1-2,4-6,8,11H,3,7,9-10H2,(H,19,20,22). The Bertz CT molecular complexity index is 856. The number of hydrogen-bond acceptors (Lipinski definition) is 5.